The smallest absolute Gasteiger partial charge is 0.243 e. The molecule has 11 nitrogen and oxygen atoms in total. The van der Waals surface area contributed by atoms with Gasteiger partial charge in [0.05, 0.1) is 6.04 Å². The fraction of sp³-hybridized carbons (Fsp3) is 0.625. The van der Waals surface area contributed by atoms with Crippen LogP contribution in [0.25, 0.3) is 0 Å². The van der Waals surface area contributed by atoms with Crippen LogP contribution in [0.2, 0.25) is 0 Å². The Bertz CT molecular complexity index is 1240. The van der Waals surface area contributed by atoms with Gasteiger partial charge < -0.3 is 20.9 Å². The number of hydrogen-bond acceptors (Lipinski definition) is 6. The van der Waals surface area contributed by atoms with E-state index in [1.165, 1.54) is 6.42 Å². The molecule has 234 valence electrons. The zero-order chi connectivity index (χ0) is 30.8. The third-order valence-electron chi connectivity index (χ3n) is 8.30. The highest BCUT2D eigenvalue weighted by Crippen LogP contribution is 2.26. The highest BCUT2D eigenvalue weighted by molar-refractivity contribution is 5.88. The molecule has 0 saturated heterocycles. The molecule has 11 heteroatoms. The summed E-state index contributed by atoms with van der Waals surface area (Å²) >= 11 is 0. The summed E-state index contributed by atoms with van der Waals surface area (Å²) in [6.45, 7) is 7.05. The van der Waals surface area contributed by atoms with Crippen LogP contribution >= 0.6 is 0 Å². The highest BCUT2D eigenvalue weighted by Gasteiger charge is 2.30. The number of amides is 4. The van der Waals surface area contributed by atoms with Crippen LogP contribution in [-0.4, -0.2) is 69.0 Å². The van der Waals surface area contributed by atoms with Crippen molar-refractivity contribution in [3.8, 4) is 0 Å². The van der Waals surface area contributed by atoms with Gasteiger partial charge in [0.2, 0.25) is 23.6 Å². The van der Waals surface area contributed by atoms with E-state index in [2.05, 4.69) is 26.0 Å². The summed E-state index contributed by atoms with van der Waals surface area (Å²) in [5, 5.41) is 13.5. The molecule has 1 saturated carbocycles. The molecule has 1 fully saturated rings. The average molecular weight is 594 g/mol. The molecular weight excluding hydrogens is 546 g/mol. The molecule has 1 aromatic heterocycles. The molecule has 2 aliphatic rings. The molecule has 1 aliphatic heterocycles. The standard InChI is InChI=1S/C32H47N7O4/c1-22(2)29-30-34-23(3)37-39(30)21-28(41)33-17-11-19-38(32(43)25-14-8-5-9-15-25)18-10-16-27(40)35-26(31(42)36-29)20-24-12-6-4-7-13-24/h4,6-7,12-13,22,25-26,29H,5,8-11,14-21H2,1-3H3,(H,33,41)(H,35,40)(H,36,42)/t26-,29+/m1/s1. The molecule has 4 rings (SSSR count). The third kappa shape index (κ3) is 9.36. The average Bonchev–Trinajstić information content (AvgIpc) is 3.35. The normalized spacial score (nSPS) is 22.1. The second-order valence-corrected chi connectivity index (χ2v) is 12.2. The fourth-order valence-electron chi connectivity index (χ4n) is 5.99. The van der Waals surface area contributed by atoms with Gasteiger partial charge in [-0.1, -0.05) is 63.4 Å². The van der Waals surface area contributed by atoms with E-state index in [9.17, 15) is 19.2 Å². The van der Waals surface area contributed by atoms with Gasteiger partial charge in [0.1, 0.15) is 18.4 Å². The molecule has 3 N–H and O–H groups in total. The number of fused-ring (bicyclic) bond motifs is 1. The summed E-state index contributed by atoms with van der Waals surface area (Å²) in [5.74, 6) is 0.339. The van der Waals surface area contributed by atoms with Crippen molar-refractivity contribution >= 4 is 23.6 Å². The van der Waals surface area contributed by atoms with Crippen molar-refractivity contribution in [1.29, 1.82) is 0 Å². The Morgan fingerprint density at radius 1 is 0.953 bits per heavy atom. The van der Waals surface area contributed by atoms with Crippen molar-refractivity contribution in [1.82, 2.24) is 35.6 Å². The van der Waals surface area contributed by atoms with Crippen molar-refractivity contribution < 1.29 is 19.2 Å². The third-order valence-corrected chi connectivity index (χ3v) is 8.30. The van der Waals surface area contributed by atoms with E-state index in [0.29, 0.717) is 50.5 Å². The maximum absolute atomic E-state index is 13.8. The molecule has 0 unspecified atom stereocenters. The van der Waals surface area contributed by atoms with Crippen molar-refractivity contribution in [2.75, 3.05) is 19.6 Å². The first kappa shape index (κ1) is 32.2. The molecule has 0 bridgehead atoms. The maximum atomic E-state index is 13.8. The minimum absolute atomic E-state index is 0.0249. The highest BCUT2D eigenvalue weighted by atomic mass is 16.2. The van der Waals surface area contributed by atoms with E-state index < -0.39 is 12.1 Å². The van der Waals surface area contributed by atoms with Gasteiger partial charge in [-0.3, -0.25) is 19.2 Å². The number of nitrogens with zero attached hydrogens (tertiary/aromatic N) is 4. The summed E-state index contributed by atoms with van der Waals surface area (Å²) in [7, 11) is 0. The number of carbonyl (C=O) groups is 4. The number of hydrogen-bond donors (Lipinski definition) is 3. The van der Waals surface area contributed by atoms with E-state index in [-0.39, 0.29) is 48.4 Å². The fourth-order valence-corrected chi connectivity index (χ4v) is 5.99. The number of benzene rings is 1. The van der Waals surface area contributed by atoms with Gasteiger partial charge in [-0.2, -0.15) is 5.10 Å². The summed E-state index contributed by atoms with van der Waals surface area (Å²) in [5.41, 5.74) is 0.922. The Morgan fingerprint density at radius 2 is 1.67 bits per heavy atom. The number of aromatic nitrogens is 3. The van der Waals surface area contributed by atoms with Gasteiger partial charge in [0.15, 0.2) is 5.82 Å². The molecule has 2 heterocycles. The Hall–Kier alpha value is -3.76. The molecule has 0 spiro atoms. The predicted octanol–water partition coefficient (Wildman–Crippen LogP) is 2.84. The minimum Gasteiger partial charge on any atom is -0.354 e. The van der Waals surface area contributed by atoms with Crippen LogP contribution in [0.3, 0.4) is 0 Å². The van der Waals surface area contributed by atoms with Crippen molar-refractivity contribution in [2.24, 2.45) is 11.8 Å². The molecular formula is C32H47N7O4. The monoisotopic (exact) mass is 593 g/mol. The molecule has 43 heavy (non-hydrogen) atoms. The van der Waals surface area contributed by atoms with Crippen LogP contribution in [0.4, 0.5) is 0 Å². The first-order valence-electron chi connectivity index (χ1n) is 15.8. The quantitative estimate of drug-likeness (QED) is 0.499. The second-order valence-electron chi connectivity index (χ2n) is 12.2. The lowest BCUT2D eigenvalue weighted by Crippen LogP contribution is -2.50. The zero-order valence-corrected chi connectivity index (χ0v) is 25.8. The zero-order valence-electron chi connectivity index (χ0n) is 25.8. The van der Waals surface area contributed by atoms with E-state index >= 15 is 0 Å². The Morgan fingerprint density at radius 3 is 2.40 bits per heavy atom. The number of aryl methyl sites for hydroxylation is 1. The van der Waals surface area contributed by atoms with Crippen LogP contribution in [0.5, 0.6) is 0 Å². The molecule has 2 aromatic rings. The van der Waals surface area contributed by atoms with E-state index in [1.807, 2.05) is 49.1 Å². The SMILES string of the molecule is Cc1nc2n(n1)CC(=O)NCCCN(C(=O)C1CCCCC1)CCCC(=O)N[C@H](Cc1ccccc1)C(=O)N[C@H]2C(C)C. The topological polar surface area (TPSA) is 138 Å². The second kappa shape index (κ2) is 15.6. The number of nitrogens with one attached hydrogen (secondary N) is 3. The van der Waals surface area contributed by atoms with Crippen LogP contribution in [0.15, 0.2) is 30.3 Å². The van der Waals surface area contributed by atoms with E-state index in [1.54, 1.807) is 11.6 Å². The van der Waals surface area contributed by atoms with E-state index in [4.69, 9.17) is 0 Å². The van der Waals surface area contributed by atoms with Crippen molar-refractivity contribution in [2.45, 2.75) is 97.2 Å². The van der Waals surface area contributed by atoms with Crippen LogP contribution < -0.4 is 16.0 Å². The van der Waals surface area contributed by atoms with Crippen LogP contribution in [0.1, 0.15) is 88.5 Å². The molecule has 0 radical (unpaired) electrons. The number of rotatable bonds is 4. The lowest BCUT2D eigenvalue weighted by molar-refractivity contribution is -0.137. The van der Waals surface area contributed by atoms with Gasteiger partial charge in [0, 0.05) is 38.4 Å². The molecule has 1 aliphatic carbocycles. The number of carbonyl (C=O) groups excluding carboxylic acids is 4. The van der Waals surface area contributed by atoms with Gasteiger partial charge in [-0.25, -0.2) is 9.67 Å². The van der Waals surface area contributed by atoms with Gasteiger partial charge in [-0.05, 0) is 44.1 Å². The summed E-state index contributed by atoms with van der Waals surface area (Å²) < 4.78 is 1.54. The van der Waals surface area contributed by atoms with Crippen LogP contribution in [0, 0.1) is 18.8 Å². The minimum atomic E-state index is -0.809. The Kier molecular flexibility index (Phi) is 11.7. The van der Waals surface area contributed by atoms with Crippen LogP contribution in [-0.2, 0) is 32.1 Å². The lowest BCUT2D eigenvalue weighted by Gasteiger charge is -2.30. The van der Waals surface area contributed by atoms with Gasteiger partial charge >= 0.3 is 0 Å². The van der Waals surface area contributed by atoms with Crippen molar-refractivity contribution in [3.63, 3.8) is 0 Å². The van der Waals surface area contributed by atoms with Gasteiger partial charge in [-0.15, -0.1) is 0 Å². The molecule has 4 amide bonds. The van der Waals surface area contributed by atoms with Gasteiger partial charge in [0.25, 0.3) is 0 Å². The summed E-state index contributed by atoms with van der Waals surface area (Å²) in [6.07, 6.45) is 6.73. The lowest BCUT2D eigenvalue weighted by atomic mass is 9.88. The Labute approximate surface area is 254 Å². The summed E-state index contributed by atoms with van der Waals surface area (Å²) in [6, 6.07) is 8.25. The maximum Gasteiger partial charge on any atom is 0.243 e. The first-order valence-corrected chi connectivity index (χ1v) is 15.8. The van der Waals surface area contributed by atoms with Crippen molar-refractivity contribution in [3.05, 3.63) is 47.5 Å². The molecule has 2 atom stereocenters. The largest absolute Gasteiger partial charge is 0.354 e. The molecule has 1 aromatic carbocycles. The summed E-state index contributed by atoms with van der Waals surface area (Å²) in [4.78, 5) is 59.7. The van der Waals surface area contributed by atoms with E-state index in [0.717, 1.165) is 31.2 Å². The Balaban J connectivity index is 1.58. The predicted molar refractivity (Wildman–Crippen MR) is 163 cm³/mol. The first-order chi connectivity index (χ1) is 20.7.